The van der Waals surface area contributed by atoms with Gasteiger partial charge in [0.2, 0.25) is 0 Å². The van der Waals surface area contributed by atoms with Gasteiger partial charge in [0.25, 0.3) is 0 Å². The van der Waals surface area contributed by atoms with E-state index in [-0.39, 0.29) is 5.41 Å². The molecule has 104 valence electrons. The molecular formula is C16H24N2O. The molecule has 1 aromatic carbocycles. The Morgan fingerprint density at radius 2 is 1.95 bits per heavy atom. The van der Waals surface area contributed by atoms with Crippen molar-refractivity contribution in [2.75, 3.05) is 13.1 Å². The molecule has 1 aliphatic rings. The molecule has 0 spiro atoms. The van der Waals surface area contributed by atoms with Gasteiger partial charge in [0.1, 0.15) is 5.78 Å². The van der Waals surface area contributed by atoms with Crippen molar-refractivity contribution < 1.29 is 4.79 Å². The Balaban J connectivity index is 2.10. The van der Waals surface area contributed by atoms with Crippen LogP contribution in [-0.4, -0.2) is 24.9 Å². The van der Waals surface area contributed by atoms with Crippen LogP contribution in [0.1, 0.15) is 38.2 Å². The van der Waals surface area contributed by atoms with Gasteiger partial charge in [-0.25, -0.2) is 0 Å². The summed E-state index contributed by atoms with van der Waals surface area (Å²) >= 11 is 0. The number of carbonyl (C=O) groups excluding carboxylic acids is 1. The van der Waals surface area contributed by atoms with E-state index in [1.165, 1.54) is 5.56 Å². The van der Waals surface area contributed by atoms with Crippen molar-refractivity contribution in [2.24, 2.45) is 5.73 Å². The highest BCUT2D eigenvalue weighted by Gasteiger charge is 2.40. The van der Waals surface area contributed by atoms with E-state index in [9.17, 15) is 4.79 Å². The van der Waals surface area contributed by atoms with Gasteiger partial charge in [-0.15, -0.1) is 0 Å². The number of Topliss-reactive ketones (excluding diaryl/α,β-unsaturated/α-hetero) is 1. The molecule has 1 aromatic rings. The maximum Gasteiger partial charge on any atom is 0.140 e. The summed E-state index contributed by atoms with van der Waals surface area (Å²) in [5.41, 5.74) is 6.44. The van der Waals surface area contributed by atoms with E-state index in [4.69, 9.17) is 5.73 Å². The summed E-state index contributed by atoms with van der Waals surface area (Å²) in [7, 11) is 0. The third-order valence-electron chi connectivity index (χ3n) is 4.42. The number of nitrogens with one attached hydrogen (secondary N) is 1. The number of carbonyl (C=O) groups is 1. The van der Waals surface area contributed by atoms with Gasteiger partial charge >= 0.3 is 0 Å². The molecule has 3 N–H and O–H groups in total. The van der Waals surface area contributed by atoms with E-state index in [1.807, 2.05) is 18.2 Å². The van der Waals surface area contributed by atoms with Crippen LogP contribution in [-0.2, 0) is 10.2 Å². The normalized spacial score (nSPS) is 27.2. The van der Waals surface area contributed by atoms with Gasteiger partial charge in [0.15, 0.2) is 0 Å². The third kappa shape index (κ3) is 3.04. The molecule has 0 saturated heterocycles. The van der Waals surface area contributed by atoms with Gasteiger partial charge in [-0.1, -0.05) is 30.3 Å². The first-order valence-electron chi connectivity index (χ1n) is 7.19. The zero-order valence-electron chi connectivity index (χ0n) is 11.7. The van der Waals surface area contributed by atoms with Crippen LogP contribution in [0, 0.1) is 0 Å². The summed E-state index contributed by atoms with van der Waals surface area (Å²) in [6.45, 7) is 3.27. The van der Waals surface area contributed by atoms with Crippen molar-refractivity contribution in [2.45, 2.75) is 44.1 Å². The Morgan fingerprint density at radius 1 is 1.32 bits per heavy atom. The van der Waals surface area contributed by atoms with Gasteiger partial charge < -0.3 is 11.1 Å². The number of benzene rings is 1. The summed E-state index contributed by atoms with van der Waals surface area (Å²) in [4.78, 5) is 12.2. The van der Waals surface area contributed by atoms with E-state index in [2.05, 4.69) is 17.4 Å². The Kier molecular flexibility index (Phi) is 4.72. The number of nitrogens with two attached hydrogens (primary N) is 1. The molecule has 0 unspecified atom stereocenters. The SMILES string of the molecule is CC(=O)C1(c2ccccc2)CCC(NCCN)CC1. The molecule has 1 aliphatic carbocycles. The molecule has 3 heteroatoms. The van der Waals surface area contributed by atoms with Gasteiger partial charge in [0, 0.05) is 19.1 Å². The molecular weight excluding hydrogens is 236 g/mol. The lowest BCUT2D eigenvalue weighted by atomic mass is 9.66. The fourth-order valence-electron chi connectivity index (χ4n) is 3.20. The maximum atomic E-state index is 12.2. The molecule has 0 aromatic heterocycles. The van der Waals surface area contributed by atoms with Crippen LogP contribution in [0.3, 0.4) is 0 Å². The lowest BCUT2D eigenvalue weighted by Crippen LogP contribution is -2.44. The van der Waals surface area contributed by atoms with Crippen LogP contribution in [0.2, 0.25) is 0 Å². The first kappa shape index (κ1) is 14.2. The third-order valence-corrected chi connectivity index (χ3v) is 4.42. The Morgan fingerprint density at radius 3 is 2.47 bits per heavy atom. The zero-order chi connectivity index (χ0) is 13.7. The molecule has 0 heterocycles. The first-order valence-corrected chi connectivity index (χ1v) is 7.19. The minimum absolute atomic E-state index is 0.262. The summed E-state index contributed by atoms with van der Waals surface area (Å²) < 4.78 is 0. The molecule has 0 atom stereocenters. The van der Waals surface area contributed by atoms with Crippen molar-refractivity contribution >= 4 is 5.78 Å². The summed E-state index contributed by atoms with van der Waals surface area (Å²) in [6, 6.07) is 10.8. The largest absolute Gasteiger partial charge is 0.329 e. The van der Waals surface area contributed by atoms with Crippen molar-refractivity contribution in [1.29, 1.82) is 0 Å². The minimum Gasteiger partial charge on any atom is -0.329 e. The molecule has 0 amide bonds. The second kappa shape index (κ2) is 6.31. The average Bonchev–Trinajstić information content (AvgIpc) is 2.46. The Labute approximate surface area is 115 Å². The lowest BCUT2D eigenvalue weighted by molar-refractivity contribution is -0.123. The van der Waals surface area contributed by atoms with Gasteiger partial charge in [-0.05, 0) is 38.2 Å². The fraction of sp³-hybridized carbons (Fsp3) is 0.562. The molecule has 1 fully saturated rings. The van der Waals surface area contributed by atoms with Crippen LogP contribution in [0.5, 0.6) is 0 Å². The number of hydrogen-bond donors (Lipinski definition) is 2. The van der Waals surface area contributed by atoms with Crippen LogP contribution >= 0.6 is 0 Å². The number of ketones is 1. The second-order valence-electron chi connectivity index (χ2n) is 5.52. The monoisotopic (exact) mass is 260 g/mol. The van der Waals surface area contributed by atoms with Gasteiger partial charge in [-0.3, -0.25) is 4.79 Å². The Hall–Kier alpha value is -1.19. The van der Waals surface area contributed by atoms with Crippen LogP contribution in [0.4, 0.5) is 0 Å². The van der Waals surface area contributed by atoms with Gasteiger partial charge in [0.05, 0.1) is 5.41 Å². The van der Waals surface area contributed by atoms with E-state index < -0.39 is 0 Å². The predicted octanol–water partition coefficient (Wildman–Crippen LogP) is 2.00. The van der Waals surface area contributed by atoms with Crippen molar-refractivity contribution in [3.63, 3.8) is 0 Å². The molecule has 0 radical (unpaired) electrons. The number of hydrogen-bond acceptors (Lipinski definition) is 3. The van der Waals surface area contributed by atoms with Crippen molar-refractivity contribution in [3.8, 4) is 0 Å². The highest BCUT2D eigenvalue weighted by molar-refractivity contribution is 5.88. The molecule has 0 bridgehead atoms. The standard InChI is InChI=1S/C16H24N2O/c1-13(19)16(14-5-3-2-4-6-14)9-7-15(8-10-16)18-12-11-17/h2-6,15,18H,7-12,17H2,1H3. The Bertz CT molecular complexity index is 408. The summed E-state index contributed by atoms with van der Waals surface area (Å²) in [5.74, 6) is 0.302. The van der Waals surface area contributed by atoms with Crippen molar-refractivity contribution in [3.05, 3.63) is 35.9 Å². The number of rotatable bonds is 5. The first-order chi connectivity index (χ1) is 9.19. The molecule has 3 nitrogen and oxygen atoms in total. The smallest absolute Gasteiger partial charge is 0.140 e. The van der Waals surface area contributed by atoms with E-state index >= 15 is 0 Å². The highest BCUT2D eigenvalue weighted by Crippen LogP contribution is 2.40. The zero-order valence-corrected chi connectivity index (χ0v) is 11.7. The molecule has 2 rings (SSSR count). The molecule has 19 heavy (non-hydrogen) atoms. The van der Waals surface area contributed by atoms with E-state index in [0.717, 1.165) is 32.2 Å². The topological polar surface area (TPSA) is 55.1 Å². The van der Waals surface area contributed by atoms with Crippen molar-refractivity contribution in [1.82, 2.24) is 5.32 Å². The fourth-order valence-corrected chi connectivity index (χ4v) is 3.20. The maximum absolute atomic E-state index is 12.2. The van der Waals surface area contributed by atoms with Crippen LogP contribution in [0.25, 0.3) is 0 Å². The molecule has 0 aliphatic heterocycles. The summed E-state index contributed by atoms with van der Waals surface area (Å²) in [6.07, 6.45) is 3.98. The van der Waals surface area contributed by atoms with Gasteiger partial charge in [-0.2, -0.15) is 0 Å². The summed E-state index contributed by atoms with van der Waals surface area (Å²) in [5, 5.41) is 3.46. The average molecular weight is 260 g/mol. The second-order valence-corrected chi connectivity index (χ2v) is 5.52. The predicted molar refractivity (Wildman–Crippen MR) is 78.1 cm³/mol. The van der Waals surface area contributed by atoms with E-state index in [0.29, 0.717) is 18.4 Å². The molecule has 1 saturated carbocycles. The minimum atomic E-state index is -0.262. The highest BCUT2D eigenvalue weighted by atomic mass is 16.1. The van der Waals surface area contributed by atoms with E-state index in [1.54, 1.807) is 6.92 Å². The van der Waals surface area contributed by atoms with Crippen LogP contribution < -0.4 is 11.1 Å². The quantitative estimate of drug-likeness (QED) is 0.851. The van der Waals surface area contributed by atoms with Crippen LogP contribution in [0.15, 0.2) is 30.3 Å². The lowest BCUT2D eigenvalue weighted by Gasteiger charge is -2.39.